The largest absolute Gasteiger partial charge is 0.497 e. The van der Waals surface area contributed by atoms with E-state index in [1.54, 1.807) is 7.11 Å². The summed E-state index contributed by atoms with van der Waals surface area (Å²) in [6, 6.07) is 7.71. The SMILES string of the molecule is COc1ccc(N(C)CCC(NC2CC2)C(=O)O)cc1. The number of anilines is 1. The third kappa shape index (κ3) is 4.13. The molecule has 20 heavy (non-hydrogen) atoms. The maximum Gasteiger partial charge on any atom is 0.320 e. The molecule has 2 rings (SSSR count). The highest BCUT2D eigenvalue weighted by atomic mass is 16.5. The molecule has 0 amide bonds. The van der Waals surface area contributed by atoms with Gasteiger partial charge in [-0.2, -0.15) is 0 Å². The number of carboxylic acid groups (broad SMARTS) is 1. The Labute approximate surface area is 119 Å². The maximum atomic E-state index is 11.2. The molecule has 5 heteroatoms. The van der Waals surface area contributed by atoms with E-state index in [2.05, 4.69) is 10.2 Å². The van der Waals surface area contributed by atoms with Crippen LogP contribution in [0.5, 0.6) is 5.75 Å². The molecular formula is C15H22N2O3. The molecule has 0 bridgehead atoms. The lowest BCUT2D eigenvalue weighted by Crippen LogP contribution is -2.40. The summed E-state index contributed by atoms with van der Waals surface area (Å²) < 4.78 is 5.12. The van der Waals surface area contributed by atoms with Gasteiger partial charge in [-0.3, -0.25) is 4.79 Å². The zero-order valence-electron chi connectivity index (χ0n) is 12.0. The lowest BCUT2D eigenvalue weighted by molar-refractivity contribution is -0.139. The van der Waals surface area contributed by atoms with Crippen LogP contribution in [0.25, 0.3) is 0 Å². The highest BCUT2D eigenvalue weighted by Gasteiger charge is 2.28. The van der Waals surface area contributed by atoms with E-state index in [9.17, 15) is 9.90 Å². The highest BCUT2D eigenvalue weighted by Crippen LogP contribution is 2.21. The summed E-state index contributed by atoms with van der Waals surface area (Å²) in [7, 11) is 3.61. The molecular weight excluding hydrogens is 256 g/mol. The molecule has 1 atom stereocenters. The van der Waals surface area contributed by atoms with Crippen LogP contribution >= 0.6 is 0 Å². The third-order valence-corrected chi connectivity index (χ3v) is 3.58. The number of hydrogen-bond acceptors (Lipinski definition) is 4. The highest BCUT2D eigenvalue weighted by molar-refractivity contribution is 5.73. The molecule has 1 aliphatic rings. The minimum Gasteiger partial charge on any atom is -0.497 e. The van der Waals surface area contributed by atoms with E-state index < -0.39 is 12.0 Å². The molecule has 0 aromatic heterocycles. The smallest absolute Gasteiger partial charge is 0.320 e. The summed E-state index contributed by atoms with van der Waals surface area (Å²) in [5.41, 5.74) is 1.06. The average molecular weight is 278 g/mol. The van der Waals surface area contributed by atoms with Gasteiger partial charge in [-0.25, -0.2) is 0 Å². The number of ether oxygens (including phenoxy) is 1. The summed E-state index contributed by atoms with van der Waals surface area (Å²) in [5, 5.41) is 12.4. The summed E-state index contributed by atoms with van der Waals surface area (Å²) in [6.07, 6.45) is 2.78. The fourth-order valence-electron chi connectivity index (χ4n) is 2.10. The summed E-state index contributed by atoms with van der Waals surface area (Å²) >= 11 is 0. The number of hydrogen-bond donors (Lipinski definition) is 2. The van der Waals surface area contributed by atoms with E-state index in [1.165, 1.54) is 0 Å². The van der Waals surface area contributed by atoms with Gasteiger partial charge in [-0.1, -0.05) is 0 Å². The fourth-order valence-corrected chi connectivity index (χ4v) is 2.10. The first-order valence-electron chi connectivity index (χ1n) is 6.94. The Bertz CT molecular complexity index is 443. The number of nitrogens with zero attached hydrogens (tertiary/aromatic N) is 1. The number of carbonyl (C=O) groups is 1. The second-order valence-electron chi connectivity index (χ2n) is 5.24. The van der Waals surface area contributed by atoms with Crippen molar-refractivity contribution in [2.24, 2.45) is 0 Å². The average Bonchev–Trinajstić information content (AvgIpc) is 3.27. The van der Waals surface area contributed by atoms with Gasteiger partial charge >= 0.3 is 5.97 Å². The standard InChI is InChI=1S/C15H22N2O3/c1-17(12-5-7-13(20-2)8-6-12)10-9-14(15(18)19)16-11-3-4-11/h5-8,11,14,16H,3-4,9-10H2,1-2H3,(H,18,19). The Morgan fingerprint density at radius 1 is 1.45 bits per heavy atom. The number of methoxy groups -OCH3 is 1. The van der Waals surface area contributed by atoms with E-state index in [-0.39, 0.29) is 0 Å². The molecule has 1 unspecified atom stereocenters. The third-order valence-electron chi connectivity index (χ3n) is 3.58. The number of carboxylic acids is 1. The Morgan fingerprint density at radius 2 is 2.10 bits per heavy atom. The van der Waals surface area contributed by atoms with Gasteiger partial charge in [0.25, 0.3) is 0 Å². The van der Waals surface area contributed by atoms with Crippen molar-refractivity contribution in [3.8, 4) is 5.75 Å². The van der Waals surface area contributed by atoms with Gasteiger partial charge in [0, 0.05) is 25.3 Å². The minimum atomic E-state index is -0.764. The van der Waals surface area contributed by atoms with Crippen LogP contribution in [0.2, 0.25) is 0 Å². The van der Waals surface area contributed by atoms with Gasteiger partial charge < -0.3 is 20.1 Å². The number of rotatable bonds is 8. The Balaban J connectivity index is 1.85. The molecule has 5 nitrogen and oxygen atoms in total. The minimum absolute atomic E-state index is 0.405. The van der Waals surface area contributed by atoms with Gasteiger partial charge in [0.15, 0.2) is 0 Å². The van der Waals surface area contributed by atoms with E-state index in [0.717, 1.165) is 24.3 Å². The number of aliphatic carboxylic acids is 1. The van der Waals surface area contributed by atoms with Gasteiger partial charge in [-0.05, 0) is 43.5 Å². The van der Waals surface area contributed by atoms with Gasteiger partial charge in [0.2, 0.25) is 0 Å². The van der Waals surface area contributed by atoms with Crippen LogP contribution in [0.1, 0.15) is 19.3 Å². The molecule has 1 saturated carbocycles. The maximum absolute atomic E-state index is 11.2. The van der Waals surface area contributed by atoms with Crippen molar-refractivity contribution < 1.29 is 14.6 Å². The molecule has 0 heterocycles. The van der Waals surface area contributed by atoms with Gasteiger partial charge in [0.1, 0.15) is 11.8 Å². The number of benzene rings is 1. The molecule has 0 spiro atoms. The second kappa shape index (κ2) is 6.61. The van der Waals surface area contributed by atoms with Crippen LogP contribution in [-0.4, -0.2) is 43.9 Å². The van der Waals surface area contributed by atoms with Crippen molar-refractivity contribution in [1.29, 1.82) is 0 Å². The second-order valence-corrected chi connectivity index (χ2v) is 5.24. The molecule has 1 aromatic carbocycles. The molecule has 0 radical (unpaired) electrons. The van der Waals surface area contributed by atoms with E-state index >= 15 is 0 Å². The number of nitrogens with one attached hydrogen (secondary N) is 1. The first kappa shape index (κ1) is 14.7. The molecule has 0 saturated heterocycles. The quantitative estimate of drug-likeness (QED) is 0.758. The summed E-state index contributed by atoms with van der Waals surface area (Å²) in [5.74, 6) is 0.0565. The molecule has 1 fully saturated rings. The first-order chi connectivity index (χ1) is 9.60. The van der Waals surface area contributed by atoms with E-state index in [4.69, 9.17) is 4.74 Å². The molecule has 1 aliphatic carbocycles. The van der Waals surface area contributed by atoms with Crippen LogP contribution in [0, 0.1) is 0 Å². The monoisotopic (exact) mass is 278 g/mol. The first-order valence-corrected chi connectivity index (χ1v) is 6.94. The Hall–Kier alpha value is -1.75. The van der Waals surface area contributed by atoms with Crippen molar-refractivity contribution in [2.45, 2.75) is 31.3 Å². The predicted molar refractivity (Wildman–Crippen MR) is 78.5 cm³/mol. The van der Waals surface area contributed by atoms with Crippen LogP contribution in [0.15, 0.2) is 24.3 Å². The fraction of sp³-hybridized carbons (Fsp3) is 0.533. The van der Waals surface area contributed by atoms with E-state index in [1.807, 2.05) is 31.3 Å². The van der Waals surface area contributed by atoms with Crippen molar-refractivity contribution in [2.75, 3.05) is 25.6 Å². The lowest BCUT2D eigenvalue weighted by Gasteiger charge is -2.22. The topological polar surface area (TPSA) is 61.8 Å². The summed E-state index contributed by atoms with van der Waals surface area (Å²) in [6.45, 7) is 0.697. The van der Waals surface area contributed by atoms with Gasteiger partial charge in [-0.15, -0.1) is 0 Å². The van der Waals surface area contributed by atoms with Crippen LogP contribution in [-0.2, 0) is 4.79 Å². The van der Waals surface area contributed by atoms with Crippen molar-refractivity contribution in [3.05, 3.63) is 24.3 Å². The lowest BCUT2D eigenvalue weighted by atomic mass is 10.2. The van der Waals surface area contributed by atoms with Crippen molar-refractivity contribution >= 4 is 11.7 Å². The van der Waals surface area contributed by atoms with Gasteiger partial charge in [0.05, 0.1) is 7.11 Å². The van der Waals surface area contributed by atoms with Crippen LogP contribution < -0.4 is 15.0 Å². The van der Waals surface area contributed by atoms with Crippen LogP contribution in [0.4, 0.5) is 5.69 Å². The predicted octanol–water partition coefficient (Wildman–Crippen LogP) is 1.73. The zero-order chi connectivity index (χ0) is 14.5. The van der Waals surface area contributed by atoms with Crippen LogP contribution in [0.3, 0.4) is 0 Å². The van der Waals surface area contributed by atoms with E-state index in [0.29, 0.717) is 19.0 Å². The van der Waals surface area contributed by atoms with Crippen molar-refractivity contribution in [3.63, 3.8) is 0 Å². The molecule has 110 valence electrons. The Morgan fingerprint density at radius 3 is 2.60 bits per heavy atom. The summed E-state index contributed by atoms with van der Waals surface area (Å²) in [4.78, 5) is 13.3. The molecule has 2 N–H and O–H groups in total. The van der Waals surface area contributed by atoms with Crippen molar-refractivity contribution in [1.82, 2.24) is 5.32 Å². The Kier molecular flexibility index (Phi) is 4.84. The zero-order valence-corrected chi connectivity index (χ0v) is 12.0. The molecule has 0 aliphatic heterocycles. The molecule has 1 aromatic rings. The normalized spacial score (nSPS) is 15.7.